The Morgan fingerprint density at radius 1 is 0.917 bits per heavy atom. The molecule has 0 radical (unpaired) electrons. The Labute approximate surface area is 143 Å². The quantitative estimate of drug-likeness (QED) is 0.770. The maximum absolute atomic E-state index is 11.9. The summed E-state index contributed by atoms with van der Waals surface area (Å²) in [6, 6.07) is 7.57. The molecule has 2 unspecified atom stereocenters. The van der Waals surface area contributed by atoms with Crippen molar-refractivity contribution in [2.24, 2.45) is 17.8 Å². The highest BCUT2D eigenvalue weighted by atomic mass is 16.4. The molecule has 0 amide bonds. The summed E-state index contributed by atoms with van der Waals surface area (Å²) >= 11 is 0. The minimum Gasteiger partial charge on any atom is -0.481 e. The van der Waals surface area contributed by atoms with Crippen molar-refractivity contribution in [3.63, 3.8) is 0 Å². The zero-order chi connectivity index (χ0) is 17.9. The smallest absolute Gasteiger partial charge is 0.310 e. The predicted molar refractivity (Wildman–Crippen MR) is 93.2 cm³/mol. The van der Waals surface area contributed by atoms with Gasteiger partial charge in [-0.25, -0.2) is 0 Å². The Hall–Kier alpha value is -1.84. The first-order valence-electron chi connectivity index (χ1n) is 8.88. The third kappa shape index (κ3) is 3.97. The number of rotatable bonds is 7. The van der Waals surface area contributed by atoms with Crippen molar-refractivity contribution < 1.29 is 19.8 Å². The summed E-state index contributed by atoms with van der Waals surface area (Å²) in [7, 11) is 0. The van der Waals surface area contributed by atoms with E-state index in [2.05, 4.69) is 0 Å². The largest absolute Gasteiger partial charge is 0.481 e. The van der Waals surface area contributed by atoms with Crippen LogP contribution in [0.15, 0.2) is 24.3 Å². The van der Waals surface area contributed by atoms with Crippen LogP contribution in [0.1, 0.15) is 69.4 Å². The van der Waals surface area contributed by atoms with Crippen molar-refractivity contribution >= 4 is 11.9 Å². The van der Waals surface area contributed by atoms with Crippen molar-refractivity contribution in [1.29, 1.82) is 0 Å². The second kappa shape index (κ2) is 7.82. The number of carboxylic acids is 2. The summed E-state index contributed by atoms with van der Waals surface area (Å²) in [5.74, 6) is -2.08. The monoisotopic (exact) mass is 332 g/mol. The molecule has 4 nitrogen and oxygen atoms in total. The molecule has 4 heteroatoms. The fraction of sp³-hybridized carbons (Fsp3) is 0.600. The van der Waals surface area contributed by atoms with E-state index in [4.69, 9.17) is 5.11 Å². The van der Waals surface area contributed by atoms with Crippen LogP contribution in [0.2, 0.25) is 0 Å². The Morgan fingerprint density at radius 2 is 1.42 bits per heavy atom. The maximum Gasteiger partial charge on any atom is 0.310 e. The maximum atomic E-state index is 11.9. The number of hydrogen-bond donors (Lipinski definition) is 2. The van der Waals surface area contributed by atoms with E-state index in [1.54, 1.807) is 6.92 Å². The van der Waals surface area contributed by atoms with Gasteiger partial charge in [0.25, 0.3) is 0 Å². The molecule has 0 saturated heterocycles. The number of carboxylic acid groups (broad SMARTS) is 2. The normalized spacial score (nSPS) is 19.2. The van der Waals surface area contributed by atoms with Crippen molar-refractivity contribution in [3.05, 3.63) is 35.4 Å². The molecule has 1 saturated carbocycles. The summed E-state index contributed by atoms with van der Waals surface area (Å²) in [6.07, 6.45) is 4.49. The van der Waals surface area contributed by atoms with E-state index in [9.17, 15) is 14.7 Å². The molecule has 1 aromatic rings. The van der Waals surface area contributed by atoms with E-state index in [-0.39, 0.29) is 11.8 Å². The van der Waals surface area contributed by atoms with Crippen molar-refractivity contribution in [2.75, 3.05) is 0 Å². The lowest BCUT2D eigenvalue weighted by molar-refractivity contribution is -0.145. The predicted octanol–water partition coefficient (Wildman–Crippen LogP) is 4.51. The van der Waals surface area contributed by atoms with E-state index in [0.717, 1.165) is 24.0 Å². The molecular formula is C20H28O4. The molecule has 1 aliphatic carbocycles. The topological polar surface area (TPSA) is 74.6 Å². The van der Waals surface area contributed by atoms with Gasteiger partial charge in [-0.3, -0.25) is 9.59 Å². The van der Waals surface area contributed by atoms with Gasteiger partial charge in [0.2, 0.25) is 0 Å². The van der Waals surface area contributed by atoms with Crippen LogP contribution in [0.5, 0.6) is 0 Å². The molecule has 2 rings (SSSR count). The van der Waals surface area contributed by atoms with Crippen LogP contribution in [0.4, 0.5) is 0 Å². The molecule has 2 N–H and O–H groups in total. The second-order valence-corrected chi connectivity index (χ2v) is 7.40. The van der Waals surface area contributed by atoms with Crippen LogP contribution in [-0.2, 0) is 9.59 Å². The lowest BCUT2D eigenvalue weighted by atomic mass is 9.71. The van der Waals surface area contributed by atoms with E-state index in [1.807, 2.05) is 38.1 Å². The van der Waals surface area contributed by atoms with Gasteiger partial charge in [-0.2, -0.15) is 0 Å². The number of benzene rings is 1. The molecule has 0 spiro atoms. The zero-order valence-corrected chi connectivity index (χ0v) is 14.7. The lowest BCUT2D eigenvalue weighted by Crippen LogP contribution is -2.31. The summed E-state index contributed by atoms with van der Waals surface area (Å²) in [5, 5.41) is 18.9. The number of hydrogen-bond acceptors (Lipinski definition) is 2. The highest BCUT2D eigenvalue weighted by molar-refractivity contribution is 5.75. The fourth-order valence-electron chi connectivity index (χ4n) is 4.09. The molecular weight excluding hydrogens is 304 g/mol. The first-order chi connectivity index (χ1) is 11.3. The van der Waals surface area contributed by atoms with Gasteiger partial charge < -0.3 is 10.2 Å². The molecule has 0 aliphatic heterocycles. The first kappa shape index (κ1) is 18.5. The summed E-state index contributed by atoms with van der Waals surface area (Å²) in [6.45, 7) is 5.61. The van der Waals surface area contributed by atoms with Crippen LogP contribution < -0.4 is 0 Å². The van der Waals surface area contributed by atoms with Gasteiger partial charge in [0.05, 0.1) is 11.8 Å². The van der Waals surface area contributed by atoms with Crippen molar-refractivity contribution in [2.45, 2.75) is 58.3 Å². The van der Waals surface area contributed by atoms with Crippen LogP contribution in [0.3, 0.4) is 0 Å². The Morgan fingerprint density at radius 3 is 1.83 bits per heavy atom. The molecule has 1 aromatic carbocycles. The molecule has 0 aromatic heterocycles. The van der Waals surface area contributed by atoms with Crippen LogP contribution in [0.25, 0.3) is 0 Å². The van der Waals surface area contributed by atoms with E-state index in [1.165, 1.54) is 12.8 Å². The van der Waals surface area contributed by atoms with Gasteiger partial charge >= 0.3 is 11.9 Å². The van der Waals surface area contributed by atoms with Gasteiger partial charge in [0.15, 0.2) is 0 Å². The Kier molecular flexibility index (Phi) is 6.03. The summed E-state index contributed by atoms with van der Waals surface area (Å²) in [4.78, 5) is 23.0. The lowest BCUT2D eigenvalue weighted by Gasteiger charge is -2.32. The third-order valence-corrected chi connectivity index (χ3v) is 5.49. The van der Waals surface area contributed by atoms with Gasteiger partial charge in [-0.05, 0) is 42.7 Å². The SMILES string of the molecule is CC(C)C(C(=O)O)C(c1ccc([C@H](C)C(=O)O)cc1)C1CCCC1. The minimum absolute atomic E-state index is 0.000755. The van der Waals surface area contributed by atoms with Gasteiger partial charge in [-0.15, -0.1) is 0 Å². The average molecular weight is 332 g/mol. The zero-order valence-electron chi connectivity index (χ0n) is 14.7. The van der Waals surface area contributed by atoms with Gasteiger partial charge in [0, 0.05) is 5.92 Å². The number of aliphatic carboxylic acids is 2. The van der Waals surface area contributed by atoms with Crippen molar-refractivity contribution in [1.82, 2.24) is 0 Å². The van der Waals surface area contributed by atoms with E-state index in [0.29, 0.717) is 5.92 Å². The Balaban J connectivity index is 2.36. The average Bonchev–Trinajstić information content (AvgIpc) is 3.05. The molecule has 1 aliphatic rings. The summed E-state index contributed by atoms with van der Waals surface area (Å²) in [5.41, 5.74) is 1.79. The Bertz CT molecular complexity index is 570. The van der Waals surface area contributed by atoms with Crippen LogP contribution in [-0.4, -0.2) is 22.2 Å². The molecule has 24 heavy (non-hydrogen) atoms. The number of carbonyl (C=O) groups is 2. The van der Waals surface area contributed by atoms with Crippen molar-refractivity contribution in [3.8, 4) is 0 Å². The highest BCUT2D eigenvalue weighted by Gasteiger charge is 2.38. The van der Waals surface area contributed by atoms with Crippen LogP contribution >= 0.6 is 0 Å². The third-order valence-electron chi connectivity index (χ3n) is 5.49. The molecule has 1 fully saturated rings. The fourth-order valence-corrected chi connectivity index (χ4v) is 4.09. The molecule has 0 heterocycles. The van der Waals surface area contributed by atoms with Gasteiger partial charge in [-0.1, -0.05) is 51.0 Å². The second-order valence-electron chi connectivity index (χ2n) is 7.40. The van der Waals surface area contributed by atoms with Crippen LogP contribution in [0, 0.1) is 17.8 Å². The standard InChI is InChI=1S/C20H28O4/c1-12(2)17(20(23)24)18(15-6-4-5-7-15)16-10-8-14(9-11-16)13(3)19(21)22/h8-13,15,17-18H,4-7H2,1-3H3,(H,21,22)(H,23,24)/t13-,17?,18?/m0/s1. The molecule has 0 bridgehead atoms. The molecule has 132 valence electrons. The highest BCUT2D eigenvalue weighted by Crippen LogP contribution is 2.44. The van der Waals surface area contributed by atoms with Gasteiger partial charge in [0.1, 0.15) is 0 Å². The van der Waals surface area contributed by atoms with E-state index >= 15 is 0 Å². The van der Waals surface area contributed by atoms with E-state index < -0.39 is 23.8 Å². The summed E-state index contributed by atoms with van der Waals surface area (Å²) < 4.78 is 0. The minimum atomic E-state index is -0.847. The first-order valence-corrected chi connectivity index (χ1v) is 8.88. The molecule has 3 atom stereocenters.